The molecule has 0 saturated carbocycles. The van der Waals surface area contributed by atoms with Crippen molar-refractivity contribution in [2.45, 2.75) is 18.9 Å². The number of carboxylic acid groups (broad SMARTS) is 1. The number of hydrogen-bond donors (Lipinski definition) is 2. The quantitative estimate of drug-likeness (QED) is 0.671. The van der Waals surface area contributed by atoms with Crippen LogP contribution in [0.25, 0.3) is 0 Å². The number of carbonyl (C=O) groups excluding carboxylic acids is 1. The number of rotatable bonds is 3. The molecule has 86 valence electrons. The Morgan fingerprint density at radius 2 is 2.20 bits per heavy atom. The summed E-state index contributed by atoms with van der Waals surface area (Å²) < 4.78 is 0. The van der Waals surface area contributed by atoms with Gasteiger partial charge in [0.1, 0.15) is 6.04 Å². The van der Waals surface area contributed by atoms with Gasteiger partial charge in [0.15, 0.2) is 0 Å². The van der Waals surface area contributed by atoms with Crippen LogP contribution in [0.5, 0.6) is 0 Å². The average molecular weight is 216 g/mol. The predicted molar refractivity (Wildman–Crippen MR) is 52.5 cm³/mol. The molecule has 1 fully saturated rings. The molecule has 1 rings (SSSR count). The lowest BCUT2D eigenvalue weighted by Crippen LogP contribution is -2.47. The molecule has 15 heavy (non-hydrogen) atoms. The number of aliphatic hydroxyl groups excluding tert-OH is 1. The van der Waals surface area contributed by atoms with E-state index in [1.807, 2.05) is 0 Å². The molecule has 0 aliphatic carbocycles. The van der Waals surface area contributed by atoms with E-state index >= 15 is 0 Å². The van der Waals surface area contributed by atoms with Crippen molar-refractivity contribution in [2.75, 3.05) is 26.7 Å². The summed E-state index contributed by atoms with van der Waals surface area (Å²) in [4.78, 5) is 25.2. The second-order valence-electron chi connectivity index (χ2n) is 3.62. The lowest BCUT2D eigenvalue weighted by Gasteiger charge is -2.27. The number of aliphatic hydroxyl groups is 1. The van der Waals surface area contributed by atoms with Crippen molar-refractivity contribution < 1.29 is 19.8 Å². The monoisotopic (exact) mass is 216 g/mol. The highest BCUT2D eigenvalue weighted by Crippen LogP contribution is 2.18. The average Bonchev–Trinajstić information content (AvgIpc) is 2.65. The summed E-state index contributed by atoms with van der Waals surface area (Å²) in [5.74, 6) is -0.960. The number of likely N-dealkylation sites (N-methyl/N-ethyl adjacent to an activating group) is 1. The van der Waals surface area contributed by atoms with Crippen molar-refractivity contribution in [3.8, 4) is 0 Å². The molecule has 1 atom stereocenters. The Morgan fingerprint density at radius 1 is 1.53 bits per heavy atom. The molecule has 6 heteroatoms. The highest BCUT2D eigenvalue weighted by atomic mass is 16.4. The zero-order chi connectivity index (χ0) is 11.4. The summed E-state index contributed by atoms with van der Waals surface area (Å²) in [6, 6.07) is -1.03. The van der Waals surface area contributed by atoms with Gasteiger partial charge < -0.3 is 20.0 Å². The van der Waals surface area contributed by atoms with Crippen LogP contribution in [-0.4, -0.2) is 64.8 Å². The van der Waals surface area contributed by atoms with Crippen LogP contribution < -0.4 is 0 Å². The van der Waals surface area contributed by atoms with E-state index in [4.69, 9.17) is 10.2 Å². The fourth-order valence-electron chi connectivity index (χ4n) is 1.72. The first kappa shape index (κ1) is 11.8. The van der Waals surface area contributed by atoms with Gasteiger partial charge in [0.2, 0.25) is 0 Å². The van der Waals surface area contributed by atoms with Crippen LogP contribution in [0.15, 0.2) is 0 Å². The minimum Gasteiger partial charge on any atom is -0.480 e. The summed E-state index contributed by atoms with van der Waals surface area (Å²) in [5, 5.41) is 17.6. The maximum atomic E-state index is 11.7. The van der Waals surface area contributed by atoms with Crippen molar-refractivity contribution in [2.24, 2.45) is 0 Å². The lowest BCUT2D eigenvalue weighted by molar-refractivity contribution is -0.141. The maximum absolute atomic E-state index is 11.7. The van der Waals surface area contributed by atoms with Gasteiger partial charge in [0.25, 0.3) is 0 Å². The topological polar surface area (TPSA) is 81.1 Å². The number of nitrogens with zero attached hydrogens (tertiary/aromatic N) is 2. The molecular formula is C9H16N2O4. The van der Waals surface area contributed by atoms with Gasteiger partial charge in [-0.25, -0.2) is 9.59 Å². The standard InChI is InChI=1S/C9H16N2O4/c1-10(5-6-12)9(15)11-4-2-3-7(11)8(13)14/h7,12H,2-6H2,1H3,(H,13,14). The number of carboxylic acids is 1. The van der Waals surface area contributed by atoms with Gasteiger partial charge in [-0.1, -0.05) is 0 Å². The van der Waals surface area contributed by atoms with E-state index in [2.05, 4.69) is 0 Å². The van der Waals surface area contributed by atoms with E-state index in [1.54, 1.807) is 7.05 Å². The zero-order valence-electron chi connectivity index (χ0n) is 8.72. The molecule has 2 N–H and O–H groups in total. The van der Waals surface area contributed by atoms with E-state index in [-0.39, 0.29) is 19.2 Å². The van der Waals surface area contributed by atoms with Crippen molar-refractivity contribution >= 4 is 12.0 Å². The van der Waals surface area contributed by atoms with E-state index < -0.39 is 12.0 Å². The molecule has 6 nitrogen and oxygen atoms in total. The zero-order valence-corrected chi connectivity index (χ0v) is 8.72. The Morgan fingerprint density at radius 3 is 2.73 bits per heavy atom. The summed E-state index contributed by atoms with van der Waals surface area (Å²) in [5.41, 5.74) is 0. The molecule has 1 aliphatic heterocycles. The van der Waals surface area contributed by atoms with Crippen molar-refractivity contribution in [3.05, 3.63) is 0 Å². The summed E-state index contributed by atoms with van der Waals surface area (Å²) in [6.45, 7) is 0.584. The van der Waals surface area contributed by atoms with Crippen molar-refractivity contribution in [1.29, 1.82) is 0 Å². The van der Waals surface area contributed by atoms with Crippen LogP contribution >= 0.6 is 0 Å². The Hall–Kier alpha value is -1.30. The molecule has 0 aromatic heterocycles. The van der Waals surface area contributed by atoms with Crippen molar-refractivity contribution in [1.82, 2.24) is 9.80 Å². The molecule has 1 heterocycles. The Bertz CT molecular complexity index is 256. The minimum atomic E-state index is -0.960. The highest BCUT2D eigenvalue weighted by molar-refractivity contribution is 5.83. The second kappa shape index (κ2) is 4.97. The molecule has 0 aromatic carbocycles. The fourth-order valence-corrected chi connectivity index (χ4v) is 1.72. The molecule has 0 aromatic rings. The van der Waals surface area contributed by atoms with Gasteiger partial charge in [-0.05, 0) is 12.8 Å². The van der Waals surface area contributed by atoms with E-state index in [0.29, 0.717) is 13.0 Å². The second-order valence-corrected chi connectivity index (χ2v) is 3.62. The molecule has 0 spiro atoms. The first-order valence-corrected chi connectivity index (χ1v) is 4.93. The molecule has 1 unspecified atom stereocenters. The number of urea groups is 1. The van der Waals surface area contributed by atoms with E-state index in [9.17, 15) is 9.59 Å². The van der Waals surface area contributed by atoms with E-state index in [0.717, 1.165) is 6.42 Å². The molecule has 2 amide bonds. The largest absolute Gasteiger partial charge is 0.480 e. The molecule has 0 radical (unpaired) electrons. The minimum absolute atomic E-state index is 0.117. The lowest BCUT2D eigenvalue weighted by atomic mass is 10.2. The molecular weight excluding hydrogens is 200 g/mol. The first-order valence-electron chi connectivity index (χ1n) is 4.93. The molecule has 1 aliphatic rings. The smallest absolute Gasteiger partial charge is 0.326 e. The van der Waals surface area contributed by atoms with Crippen LogP contribution in [0, 0.1) is 0 Å². The van der Waals surface area contributed by atoms with Crippen LogP contribution in [0.2, 0.25) is 0 Å². The van der Waals surface area contributed by atoms with Crippen LogP contribution in [-0.2, 0) is 4.79 Å². The Labute approximate surface area is 88.1 Å². The van der Waals surface area contributed by atoms with Gasteiger partial charge in [-0.3, -0.25) is 0 Å². The Balaban J connectivity index is 2.62. The normalized spacial score (nSPS) is 20.4. The SMILES string of the molecule is CN(CCO)C(=O)N1CCCC1C(=O)O. The third-order valence-corrected chi connectivity index (χ3v) is 2.55. The van der Waals surface area contributed by atoms with Gasteiger partial charge in [0.05, 0.1) is 6.61 Å². The molecule has 1 saturated heterocycles. The van der Waals surface area contributed by atoms with Gasteiger partial charge in [-0.2, -0.15) is 0 Å². The summed E-state index contributed by atoms with van der Waals surface area (Å²) >= 11 is 0. The third kappa shape index (κ3) is 2.59. The number of amides is 2. The van der Waals surface area contributed by atoms with Gasteiger partial charge in [0, 0.05) is 20.1 Å². The fraction of sp³-hybridized carbons (Fsp3) is 0.778. The van der Waals surface area contributed by atoms with E-state index in [1.165, 1.54) is 9.80 Å². The van der Waals surface area contributed by atoms with Crippen LogP contribution in [0.4, 0.5) is 4.79 Å². The number of likely N-dealkylation sites (tertiary alicyclic amines) is 1. The van der Waals surface area contributed by atoms with Gasteiger partial charge in [-0.15, -0.1) is 0 Å². The van der Waals surface area contributed by atoms with Crippen molar-refractivity contribution in [3.63, 3.8) is 0 Å². The number of carbonyl (C=O) groups is 2. The molecule has 0 bridgehead atoms. The van der Waals surface area contributed by atoms with Crippen LogP contribution in [0.3, 0.4) is 0 Å². The Kier molecular flexibility index (Phi) is 3.90. The third-order valence-electron chi connectivity index (χ3n) is 2.55. The van der Waals surface area contributed by atoms with Gasteiger partial charge >= 0.3 is 12.0 Å². The maximum Gasteiger partial charge on any atom is 0.326 e. The number of aliphatic carboxylic acids is 1. The summed E-state index contributed by atoms with van der Waals surface area (Å²) in [7, 11) is 1.55. The first-order chi connectivity index (χ1) is 7.07. The summed E-state index contributed by atoms with van der Waals surface area (Å²) in [6.07, 6.45) is 1.23. The van der Waals surface area contributed by atoms with Crippen LogP contribution in [0.1, 0.15) is 12.8 Å². The number of hydrogen-bond acceptors (Lipinski definition) is 3. The predicted octanol–water partition coefficient (Wildman–Crippen LogP) is -0.421. The highest BCUT2D eigenvalue weighted by Gasteiger charge is 2.35.